The molecule has 1 aromatic rings. The van der Waals surface area contributed by atoms with Gasteiger partial charge in [0.15, 0.2) is 0 Å². The van der Waals surface area contributed by atoms with Crippen LogP contribution < -0.4 is 10.6 Å². The van der Waals surface area contributed by atoms with E-state index in [1.54, 1.807) is 0 Å². The summed E-state index contributed by atoms with van der Waals surface area (Å²) in [6.07, 6.45) is -3.35. The highest BCUT2D eigenvalue weighted by Gasteiger charge is 2.46. The molecule has 0 aliphatic carbocycles. The van der Waals surface area contributed by atoms with Crippen LogP contribution in [0.15, 0.2) is 24.3 Å². The van der Waals surface area contributed by atoms with Gasteiger partial charge in [-0.1, -0.05) is 29.8 Å². The van der Waals surface area contributed by atoms with E-state index in [1.165, 1.54) is 0 Å². The average molecular weight is 398 g/mol. The second-order valence-electron chi connectivity index (χ2n) is 7.67. The zero-order chi connectivity index (χ0) is 20.3. The minimum atomic E-state index is -4.50. The van der Waals surface area contributed by atoms with E-state index in [-0.39, 0.29) is 18.9 Å². The highest BCUT2D eigenvalue weighted by atomic mass is 19.4. The highest BCUT2D eigenvalue weighted by molar-refractivity contribution is 6.01. The van der Waals surface area contributed by atoms with Crippen molar-refractivity contribution in [3.8, 4) is 0 Å². The zero-order valence-corrected chi connectivity index (χ0v) is 15.7. The molecule has 4 atom stereocenters. The number of halogens is 3. The molecule has 2 aliphatic rings. The molecule has 1 aromatic carbocycles. The SMILES string of the molecule is Cc1ccc(C(CC2CCOC2)NC(=O)C2CCC(C(F)(F)F)NC2=O)cc1. The molecule has 4 unspecified atom stereocenters. The number of aryl methyl sites for hydroxylation is 1. The first kappa shape index (κ1) is 20.6. The Hall–Kier alpha value is -2.09. The number of alkyl halides is 3. The van der Waals surface area contributed by atoms with Gasteiger partial charge in [0.1, 0.15) is 12.0 Å². The Labute approximate surface area is 162 Å². The quantitative estimate of drug-likeness (QED) is 0.750. The molecule has 0 aromatic heterocycles. The number of amides is 2. The molecule has 2 N–H and O–H groups in total. The molecule has 2 fully saturated rings. The number of nitrogens with one attached hydrogen (secondary N) is 2. The fourth-order valence-corrected chi connectivity index (χ4v) is 3.76. The first-order valence-corrected chi connectivity index (χ1v) is 9.56. The second kappa shape index (κ2) is 8.51. The summed E-state index contributed by atoms with van der Waals surface area (Å²) in [5.41, 5.74) is 2.00. The van der Waals surface area contributed by atoms with Crippen molar-refractivity contribution in [1.29, 1.82) is 0 Å². The van der Waals surface area contributed by atoms with Gasteiger partial charge in [-0.25, -0.2) is 0 Å². The number of rotatable bonds is 5. The number of carbonyl (C=O) groups excluding carboxylic acids is 2. The fourth-order valence-electron chi connectivity index (χ4n) is 3.76. The summed E-state index contributed by atoms with van der Waals surface area (Å²) in [6.45, 7) is 3.27. The van der Waals surface area contributed by atoms with Gasteiger partial charge in [0.25, 0.3) is 0 Å². The van der Waals surface area contributed by atoms with Gasteiger partial charge in [-0.15, -0.1) is 0 Å². The van der Waals surface area contributed by atoms with E-state index >= 15 is 0 Å². The van der Waals surface area contributed by atoms with Crippen LogP contribution in [0, 0.1) is 18.8 Å². The highest BCUT2D eigenvalue weighted by Crippen LogP contribution is 2.30. The van der Waals surface area contributed by atoms with E-state index < -0.39 is 30.0 Å². The first-order chi connectivity index (χ1) is 13.2. The van der Waals surface area contributed by atoms with Crippen LogP contribution in [-0.4, -0.2) is 37.2 Å². The van der Waals surface area contributed by atoms with Gasteiger partial charge >= 0.3 is 6.18 Å². The third kappa shape index (κ3) is 5.04. The topological polar surface area (TPSA) is 67.4 Å². The Kier molecular flexibility index (Phi) is 6.27. The first-order valence-electron chi connectivity index (χ1n) is 9.56. The maximum atomic E-state index is 12.8. The van der Waals surface area contributed by atoms with Gasteiger partial charge in [0.2, 0.25) is 11.8 Å². The Bertz CT molecular complexity index is 700. The number of hydrogen-bond donors (Lipinski definition) is 2. The number of ether oxygens (including phenoxy) is 1. The molecule has 0 radical (unpaired) electrons. The lowest BCUT2D eigenvalue weighted by atomic mass is 9.90. The lowest BCUT2D eigenvalue weighted by molar-refractivity contribution is -0.171. The van der Waals surface area contributed by atoms with E-state index in [4.69, 9.17) is 4.74 Å². The smallest absolute Gasteiger partial charge is 0.381 e. The Morgan fingerprint density at radius 3 is 2.54 bits per heavy atom. The zero-order valence-electron chi connectivity index (χ0n) is 15.7. The molecule has 2 saturated heterocycles. The minimum absolute atomic E-state index is 0.116. The van der Waals surface area contributed by atoms with Crippen LogP contribution in [0.3, 0.4) is 0 Å². The third-order valence-corrected chi connectivity index (χ3v) is 5.48. The Morgan fingerprint density at radius 1 is 1.25 bits per heavy atom. The summed E-state index contributed by atoms with van der Waals surface area (Å²) in [6, 6.07) is 5.55. The summed E-state index contributed by atoms with van der Waals surface area (Å²) in [7, 11) is 0. The molecular weight excluding hydrogens is 373 g/mol. The number of hydrogen-bond acceptors (Lipinski definition) is 3. The lowest BCUT2D eigenvalue weighted by Crippen LogP contribution is -2.54. The van der Waals surface area contributed by atoms with Gasteiger partial charge in [-0.2, -0.15) is 13.2 Å². The molecule has 154 valence electrons. The van der Waals surface area contributed by atoms with Crippen molar-refractivity contribution in [2.24, 2.45) is 11.8 Å². The van der Waals surface area contributed by atoms with Gasteiger partial charge in [-0.05, 0) is 44.1 Å². The van der Waals surface area contributed by atoms with Crippen LogP contribution in [-0.2, 0) is 14.3 Å². The van der Waals surface area contributed by atoms with Crippen molar-refractivity contribution in [2.75, 3.05) is 13.2 Å². The normalized spacial score (nSPS) is 26.6. The van der Waals surface area contributed by atoms with Crippen molar-refractivity contribution >= 4 is 11.8 Å². The monoisotopic (exact) mass is 398 g/mol. The van der Waals surface area contributed by atoms with E-state index in [9.17, 15) is 22.8 Å². The maximum absolute atomic E-state index is 12.8. The van der Waals surface area contributed by atoms with Crippen LogP contribution in [0.2, 0.25) is 0 Å². The largest absolute Gasteiger partial charge is 0.408 e. The van der Waals surface area contributed by atoms with Crippen molar-refractivity contribution in [3.05, 3.63) is 35.4 Å². The summed E-state index contributed by atoms with van der Waals surface area (Å²) < 4.78 is 43.8. The van der Waals surface area contributed by atoms with Crippen molar-refractivity contribution in [3.63, 3.8) is 0 Å². The molecule has 8 heteroatoms. The predicted octanol–water partition coefficient (Wildman–Crippen LogP) is 3.04. The summed E-state index contributed by atoms with van der Waals surface area (Å²) in [4.78, 5) is 24.8. The van der Waals surface area contributed by atoms with Gasteiger partial charge in [0.05, 0.1) is 6.04 Å². The Morgan fingerprint density at radius 2 is 1.96 bits per heavy atom. The predicted molar refractivity (Wildman–Crippen MR) is 96.3 cm³/mol. The van der Waals surface area contributed by atoms with Crippen LogP contribution >= 0.6 is 0 Å². The maximum Gasteiger partial charge on any atom is 0.408 e. The second-order valence-corrected chi connectivity index (χ2v) is 7.67. The van der Waals surface area contributed by atoms with Crippen LogP contribution in [0.1, 0.15) is 42.9 Å². The van der Waals surface area contributed by atoms with E-state index in [0.717, 1.165) is 17.5 Å². The summed E-state index contributed by atoms with van der Waals surface area (Å²) in [5.74, 6) is -2.20. The molecule has 0 bridgehead atoms. The molecular formula is C20H25F3N2O3. The summed E-state index contributed by atoms with van der Waals surface area (Å²) in [5, 5.41) is 4.83. The molecule has 2 aliphatic heterocycles. The van der Waals surface area contributed by atoms with E-state index in [1.807, 2.05) is 36.5 Å². The van der Waals surface area contributed by atoms with Crippen LogP contribution in [0.25, 0.3) is 0 Å². The van der Waals surface area contributed by atoms with Gasteiger partial charge in [-0.3, -0.25) is 9.59 Å². The molecule has 2 amide bonds. The number of piperidine rings is 1. The number of carbonyl (C=O) groups is 2. The Balaban J connectivity index is 1.68. The standard InChI is InChI=1S/C20H25F3N2O3/c1-12-2-4-14(5-3-12)16(10-13-8-9-28-11-13)24-18(26)15-6-7-17(20(21,22)23)25-19(15)27/h2-5,13,15-17H,6-11H2,1H3,(H,24,26)(H,25,27). The number of benzene rings is 1. The van der Waals surface area contributed by atoms with Crippen LogP contribution in [0.5, 0.6) is 0 Å². The average Bonchev–Trinajstić information content (AvgIpc) is 3.14. The fraction of sp³-hybridized carbons (Fsp3) is 0.600. The minimum Gasteiger partial charge on any atom is -0.381 e. The summed E-state index contributed by atoms with van der Waals surface area (Å²) >= 11 is 0. The van der Waals surface area contributed by atoms with Crippen molar-refractivity contribution in [2.45, 2.75) is 50.9 Å². The third-order valence-electron chi connectivity index (χ3n) is 5.48. The van der Waals surface area contributed by atoms with Gasteiger partial charge in [0, 0.05) is 13.2 Å². The van der Waals surface area contributed by atoms with Crippen LogP contribution in [0.4, 0.5) is 13.2 Å². The van der Waals surface area contributed by atoms with E-state index in [0.29, 0.717) is 25.6 Å². The van der Waals surface area contributed by atoms with Crippen molar-refractivity contribution in [1.82, 2.24) is 10.6 Å². The molecule has 28 heavy (non-hydrogen) atoms. The lowest BCUT2D eigenvalue weighted by Gasteiger charge is -2.31. The molecule has 2 heterocycles. The van der Waals surface area contributed by atoms with Crippen molar-refractivity contribution < 1.29 is 27.5 Å². The molecule has 0 spiro atoms. The van der Waals surface area contributed by atoms with Gasteiger partial charge < -0.3 is 15.4 Å². The molecule has 5 nitrogen and oxygen atoms in total. The molecule has 0 saturated carbocycles. The van der Waals surface area contributed by atoms with E-state index in [2.05, 4.69) is 5.32 Å². The molecule has 3 rings (SSSR count).